The van der Waals surface area contributed by atoms with Crippen LogP contribution in [0, 0.1) is 11.8 Å². The highest BCUT2D eigenvalue weighted by Crippen LogP contribution is 2.30. The van der Waals surface area contributed by atoms with E-state index in [4.69, 9.17) is 0 Å². The van der Waals surface area contributed by atoms with Gasteiger partial charge in [0.2, 0.25) is 0 Å². The topological polar surface area (TPSA) is 46.2 Å². The minimum atomic E-state index is -2.88. The number of nitrogens with one attached hydrogen (secondary N) is 1. The summed E-state index contributed by atoms with van der Waals surface area (Å²) in [6.07, 6.45) is 11.0. The summed E-state index contributed by atoms with van der Waals surface area (Å²) >= 11 is 0. The van der Waals surface area contributed by atoms with Gasteiger partial charge in [-0.2, -0.15) is 0 Å². The lowest BCUT2D eigenvalue weighted by molar-refractivity contribution is 0.272. The zero-order valence-corrected chi connectivity index (χ0v) is 13.2. The van der Waals surface area contributed by atoms with Crippen LogP contribution in [0.3, 0.4) is 0 Å². The monoisotopic (exact) mass is 287 g/mol. The summed E-state index contributed by atoms with van der Waals surface area (Å²) in [6.45, 7) is 3.35. The van der Waals surface area contributed by atoms with E-state index in [0.717, 1.165) is 37.6 Å². The molecule has 2 aliphatic carbocycles. The Hall–Kier alpha value is -0.0900. The minimum absolute atomic E-state index is 0.140. The Morgan fingerprint density at radius 2 is 1.74 bits per heavy atom. The largest absolute Gasteiger partial charge is 0.313 e. The Bertz CT molecular complexity index is 372. The van der Waals surface area contributed by atoms with Crippen LogP contribution in [0.15, 0.2) is 0 Å². The summed E-state index contributed by atoms with van der Waals surface area (Å²) in [5, 5.41) is 3.38. The molecule has 1 N–H and O–H groups in total. The van der Waals surface area contributed by atoms with Crippen molar-refractivity contribution < 1.29 is 8.42 Å². The fourth-order valence-electron chi connectivity index (χ4n) is 3.76. The highest BCUT2D eigenvalue weighted by atomic mass is 32.2. The first-order valence-electron chi connectivity index (χ1n) is 7.89. The van der Waals surface area contributed by atoms with Gasteiger partial charge >= 0.3 is 0 Å². The van der Waals surface area contributed by atoms with Gasteiger partial charge in [0.15, 0.2) is 9.84 Å². The molecule has 2 saturated carbocycles. The van der Waals surface area contributed by atoms with E-state index < -0.39 is 9.84 Å². The van der Waals surface area contributed by atoms with E-state index in [2.05, 4.69) is 12.2 Å². The molecule has 2 fully saturated rings. The summed E-state index contributed by atoms with van der Waals surface area (Å²) in [6, 6.07) is 0.206. The molecule has 2 aliphatic rings. The molecule has 2 unspecified atom stereocenters. The molecule has 0 heterocycles. The van der Waals surface area contributed by atoms with Crippen LogP contribution >= 0.6 is 0 Å². The molecule has 0 radical (unpaired) electrons. The number of hydrogen-bond donors (Lipinski definition) is 1. The van der Waals surface area contributed by atoms with E-state index in [9.17, 15) is 8.42 Å². The molecule has 3 nitrogen and oxygen atoms in total. The van der Waals surface area contributed by atoms with Crippen molar-refractivity contribution in [2.45, 2.75) is 69.6 Å². The predicted octanol–water partition coefficient (Wildman–Crippen LogP) is 2.76. The van der Waals surface area contributed by atoms with Gasteiger partial charge < -0.3 is 5.32 Å². The first-order chi connectivity index (χ1) is 8.97. The average Bonchev–Trinajstić information content (AvgIpc) is 2.80. The molecule has 2 rings (SSSR count). The number of hydrogen-bond acceptors (Lipinski definition) is 3. The lowest BCUT2D eigenvalue weighted by Gasteiger charge is -2.27. The molecule has 0 aromatic carbocycles. The smallest absolute Gasteiger partial charge is 0.151 e. The second-order valence-corrected chi connectivity index (χ2v) is 9.04. The fraction of sp³-hybridized carbons (Fsp3) is 1.00. The molecule has 0 saturated heterocycles. The summed E-state index contributed by atoms with van der Waals surface area (Å²) in [5.41, 5.74) is 0. The van der Waals surface area contributed by atoms with E-state index in [0.29, 0.717) is 0 Å². The predicted molar refractivity (Wildman–Crippen MR) is 80.0 cm³/mol. The molecular formula is C15H29NO2S. The van der Waals surface area contributed by atoms with Crippen LogP contribution in [-0.4, -0.2) is 32.5 Å². The maximum atomic E-state index is 11.7. The molecule has 4 heteroatoms. The van der Waals surface area contributed by atoms with Gasteiger partial charge in [0.1, 0.15) is 0 Å². The third-order valence-electron chi connectivity index (χ3n) is 5.10. The van der Waals surface area contributed by atoms with Gasteiger partial charge in [-0.3, -0.25) is 0 Å². The van der Waals surface area contributed by atoms with Crippen molar-refractivity contribution >= 4 is 9.84 Å². The van der Waals surface area contributed by atoms with Crippen LogP contribution < -0.4 is 5.32 Å². The Morgan fingerprint density at radius 3 is 2.37 bits per heavy atom. The molecule has 2 atom stereocenters. The van der Waals surface area contributed by atoms with Crippen LogP contribution in [0.25, 0.3) is 0 Å². The van der Waals surface area contributed by atoms with E-state index in [-0.39, 0.29) is 11.3 Å². The number of sulfone groups is 1. The third kappa shape index (κ3) is 4.45. The van der Waals surface area contributed by atoms with Crippen LogP contribution in [0.1, 0.15) is 58.3 Å². The average molecular weight is 287 g/mol. The molecule has 0 aromatic heterocycles. The van der Waals surface area contributed by atoms with E-state index in [1.807, 2.05) is 0 Å². The van der Waals surface area contributed by atoms with Gasteiger partial charge in [0.25, 0.3) is 0 Å². The van der Waals surface area contributed by atoms with Crippen molar-refractivity contribution in [3.63, 3.8) is 0 Å². The van der Waals surface area contributed by atoms with Gasteiger partial charge in [-0.05, 0) is 37.6 Å². The van der Waals surface area contributed by atoms with Crippen molar-refractivity contribution in [1.82, 2.24) is 5.32 Å². The lowest BCUT2D eigenvalue weighted by Crippen LogP contribution is -2.40. The molecule has 19 heavy (non-hydrogen) atoms. The Labute approximate surface area is 118 Å². The fourth-order valence-corrected chi connectivity index (χ4v) is 5.19. The van der Waals surface area contributed by atoms with Crippen molar-refractivity contribution in [1.29, 1.82) is 0 Å². The van der Waals surface area contributed by atoms with Crippen LogP contribution in [0.2, 0.25) is 0 Å². The molecule has 0 amide bonds. The normalized spacial score (nSPS) is 36.5. The van der Waals surface area contributed by atoms with Crippen LogP contribution in [0.5, 0.6) is 0 Å². The van der Waals surface area contributed by atoms with Gasteiger partial charge in [-0.1, -0.05) is 39.0 Å². The van der Waals surface area contributed by atoms with Crippen LogP contribution in [-0.2, 0) is 9.84 Å². The van der Waals surface area contributed by atoms with E-state index in [1.165, 1.54) is 38.4 Å². The summed E-state index contributed by atoms with van der Waals surface area (Å²) in [7, 11) is -2.88. The van der Waals surface area contributed by atoms with E-state index in [1.54, 1.807) is 0 Å². The quantitative estimate of drug-likeness (QED) is 0.845. The summed E-state index contributed by atoms with van der Waals surface area (Å²) in [5.74, 6) is 1.77. The Kier molecular flexibility index (Phi) is 5.29. The molecule has 0 bridgehead atoms. The zero-order valence-electron chi connectivity index (χ0n) is 12.4. The minimum Gasteiger partial charge on any atom is -0.313 e. The lowest BCUT2D eigenvalue weighted by atomic mass is 9.81. The molecule has 112 valence electrons. The molecule has 0 aliphatic heterocycles. The van der Waals surface area contributed by atoms with Crippen molar-refractivity contribution in [2.75, 3.05) is 12.8 Å². The molecular weight excluding hydrogens is 258 g/mol. The maximum absolute atomic E-state index is 11.7. The standard InChI is InChI=1S/C15H29NO2S/c1-12-6-8-13(9-7-12)10-11-16-14-4-3-5-15(14)19(2,17)18/h12-16H,3-11H2,1-2H3. The maximum Gasteiger partial charge on any atom is 0.151 e. The molecule has 0 spiro atoms. The highest BCUT2D eigenvalue weighted by Gasteiger charge is 2.34. The van der Waals surface area contributed by atoms with Crippen molar-refractivity contribution in [3.05, 3.63) is 0 Å². The second-order valence-electron chi connectivity index (χ2n) is 6.77. The SMILES string of the molecule is CC1CCC(CCNC2CCCC2S(C)(=O)=O)CC1. The Balaban J connectivity index is 1.71. The second kappa shape index (κ2) is 6.57. The summed E-state index contributed by atoms with van der Waals surface area (Å²) < 4.78 is 23.4. The van der Waals surface area contributed by atoms with E-state index >= 15 is 0 Å². The highest BCUT2D eigenvalue weighted by molar-refractivity contribution is 7.91. The van der Waals surface area contributed by atoms with Crippen molar-refractivity contribution in [3.8, 4) is 0 Å². The van der Waals surface area contributed by atoms with Gasteiger partial charge in [-0.15, -0.1) is 0 Å². The zero-order chi connectivity index (χ0) is 13.9. The van der Waals surface area contributed by atoms with Gasteiger partial charge in [-0.25, -0.2) is 8.42 Å². The first kappa shape index (κ1) is 15.3. The Morgan fingerprint density at radius 1 is 1.05 bits per heavy atom. The summed E-state index contributed by atoms with van der Waals surface area (Å²) in [4.78, 5) is 0. The molecule has 0 aromatic rings. The third-order valence-corrected chi connectivity index (χ3v) is 6.76. The van der Waals surface area contributed by atoms with Gasteiger partial charge in [0, 0.05) is 12.3 Å². The van der Waals surface area contributed by atoms with Crippen LogP contribution in [0.4, 0.5) is 0 Å². The van der Waals surface area contributed by atoms with Gasteiger partial charge in [0.05, 0.1) is 5.25 Å². The first-order valence-corrected chi connectivity index (χ1v) is 9.84. The van der Waals surface area contributed by atoms with Crippen molar-refractivity contribution in [2.24, 2.45) is 11.8 Å². The number of rotatable bonds is 5.